The fraction of sp³-hybridized carbons (Fsp3) is 0.300. The van der Waals surface area contributed by atoms with Crippen LogP contribution in [0.3, 0.4) is 0 Å². The van der Waals surface area contributed by atoms with Crippen molar-refractivity contribution in [2.24, 2.45) is 0 Å². The molecule has 0 saturated carbocycles. The van der Waals surface area contributed by atoms with Gasteiger partial charge in [0, 0.05) is 24.3 Å². The van der Waals surface area contributed by atoms with E-state index in [1.165, 1.54) is 0 Å². The maximum atomic E-state index is 12.0. The van der Waals surface area contributed by atoms with E-state index >= 15 is 0 Å². The Hall–Kier alpha value is -4.40. The molecule has 18 nitrogen and oxygen atoms in total. The van der Waals surface area contributed by atoms with Crippen molar-refractivity contribution in [3.63, 3.8) is 0 Å². The number of unbranched alkanes of at least 4 members (excludes halogenated alkanes) is 3. The Morgan fingerprint density at radius 3 is 1.40 bits per heavy atom. The zero-order valence-corrected chi connectivity index (χ0v) is 21.9. The van der Waals surface area contributed by atoms with Crippen LogP contribution in [0.4, 0.5) is 21.0 Å². The number of nitro groups is 2. The molecule has 0 spiro atoms. The van der Waals surface area contributed by atoms with Crippen LogP contribution in [0, 0.1) is 20.2 Å². The van der Waals surface area contributed by atoms with E-state index in [4.69, 9.17) is 9.47 Å². The van der Waals surface area contributed by atoms with Crippen molar-refractivity contribution < 1.29 is 54.3 Å². The Bertz CT molecular complexity index is 1340. The minimum Gasteiger partial charge on any atom is -0.448 e. The van der Waals surface area contributed by atoms with E-state index in [1.807, 2.05) is 0 Å². The number of non-ortho nitro benzene ring substituents is 2. The van der Waals surface area contributed by atoms with Crippen molar-refractivity contribution >= 4 is 43.8 Å². The van der Waals surface area contributed by atoms with E-state index in [0.29, 0.717) is 25.7 Å². The van der Waals surface area contributed by atoms with Gasteiger partial charge in [0.2, 0.25) is 0 Å². The smallest absolute Gasteiger partial charge is 0.432 e. The van der Waals surface area contributed by atoms with Gasteiger partial charge >= 0.3 is 32.4 Å². The monoisotopic (exact) mass is 606 g/mol. The first-order valence-electron chi connectivity index (χ1n) is 11.0. The average Bonchev–Trinajstić information content (AvgIpc) is 2.92. The summed E-state index contributed by atoms with van der Waals surface area (Å²) in [5, 5.41) is 21.5. The molecule has 0 saturated heterocycles. The minimum atomic E-state index is -4.53. The molecule has 0 aromatic heterocycles. The van der Waals surface area contributed by atoms with Gasteiger partial charge in [-0.1, -0.05) is 12.1 Å². The van der Waals surface area contributed by atoms with E-state index in [0.717, 1.165) is 48.5 Å². The molecule has 40 heavy (non-hydrogen) atoms. The molecule has 0 aliphatic carbocycles. The van der Waals surface area contributed by atoms with Gasteiger partial charge in [-0.25, -0.2) is 9.59 Å². The highest BCUT2D eigenvalue weighted by Gasteiger charge is 2.22. The van der Waals surface area contributed by atoms with Gasteiger partial charge in [0.15, 0.2) is 0 Å². The number of rotatable bonds is 15. The van der Waals surface area contributed by atoms with E-state index < -0.39 is 63.4 Å². The second kappa shape index (κ2) is 14.7. The Labute approximate surface area is 226 Å². The second-order valence-corrected chi connectivity index (χ2v) is 10.6. The molecule has 0 bridgehead atoms. The van der Waals surface area contributed by atoms with Gasteiger partial charge in [-0.3, -0.25) is 20.2 Å². The number of nitrogens with one attached hydrogen (secondary N) is 2. The van der Waals surface area contributed by atoms with Crippen LogP contribution in [0.25, 0.3) is 0 Å². The van der Waals surface area contributed by atoms with Crippen LogP contribution in [0.5, 0.6) is 0 Å². The molecular formula is C20H22N4O14S2. The largest absolute Gasteiger partial charge is 0.448 e. The summed E-state index contributed by atoms with van der Waals surface area (Å²) in [4.78, 5) is 42.0. The molecule has 2 N–H and O–H groups in total. The Morgan fingerprint density at radius 2 is 1.05 bits per heavy atom. The fourth-order valence-corrected chi connectivity index (χ4v) is 4.29. The lowest BCUT2D eigenvalue weighted by atomic mass is 10.2. The van der Waals surface area contributed by atoms with Crippen LogP contribution in [0.2, 0.25) is 0 Å². The fourth-order valence-electron chi connectivity index (χ4n) is 2.73. The summed E-state index contributed by atoms with van der Waals surface area (Å²) in [6.07, 6.45) is -0.724. The molecule has 0 aliphatic rings. The Kier molecular flexibility index (Phi) is 11.7. The molecule has 2 amide bonds. The highest BCUT2D eigenvalue weighted by molar-refractivity contribution is 7.87. The number of hydrogen-bond donors (Lipinski definition) is 2. The zero-order chi connectivity index (χ0) is 29.8. The van der Waals surface area contributed by atoms with Crippen molar-refractivity contribution in [1.82, 2.24) is 11.0 Å². The minimum absolute atomic E-state index is 0.114. The third-order valence-corrected chi connectivity index (χ3v) is 6.88. The first kappa shape index (κ1) is 31.8. The van der Waals surface area contributed by atoms with Gasteiger partial charge in [-0.2, -0.15) is 27.8 Å². The third-order valence-electron chi connectivity index (χ3n) is 4.61. The van der Waals surface area contributed by atoms with Crippen molar-refractivity contribution in [3.8, 4) is 0 Å². The van der Waals surface area contributed by atoms with Crippen molar-refractivity contribution in [1.29, 1.82) is 0 Å². The van der Waals surface area contributed by atoms with Crippen LogP contribution in [-0.4, -0.2) is 52.1 Å². The Morgan fingerprint density at radius 1 is 0.675 bits per heavy atom. The SMILES string of the molecule is O=C(NOS(=O)(=O)c1cccc([N+](=O)[O-])c1)OCCCCCCOC(=O)NOS(=O)(=O)c1cccc([N+](=O)[O-])c1. The molecule has 2 rings (SSSR count). The molecule has 218 valence electrons. The van der Waals surface area contributed by atoms with Crippen LogP contribution >= 0.6 is 0 Å². The summed E-state index contributed by atoms with van der Waals surface area (Å²) in [7, 11) is -9.05. The first-order valence-corrected chi connectivity index (χ1v) is 13.8. The quantitative estimate of drug-likeness (QED) is 0.168. The number of benzene rings is 2. The lowest BCUT2D eigenvalue weighted by Gasteiger charge is -2.08. The predicted octanol–water partition coefficient (Wildman–Crippen LogP) is 2.46. The highest BCUT2D eigenvalue weighted by atomic mass is 32.2. The number of carbonyl (C=O) groups is 2. The van der Waals surface area contributed by atoms with Gasteiger partial charge in [0.1, 0.15) is 9.79 Å². The third kappa shape index (κ3) is 10.4. The van der Waals surface area contributed by atoms with Crippen molar-refractivity contribution in [3.05, 3.63) is 68.8 Å². The van der Waals surface area contributed by atoms with Gasteiger partial charge in [-0.15, -0.1) is 8.57 Å². The zero-order valence-electron chi connectivity index (χ0n) is 20.3. The summed E-state index contributed by atoms with van der Waals surface area (Å²) >= 11 is 0. The summed E-state index contributed by atoms with van der Waals surface area (Å²) in [6.45, 7) is -0.229. The number of nitro benzene ring substituents is 2. The van der Waals surface area contributed by atoms with E-state index in [1.54, 1.807) is 11.0 Å². The van der Waals surface area contributed by atoms with E-state index in [2.05, 4.69) is 8.57 Å². The molecule has 0 fully saturated rings. The van der Waals surface area contributed by atoms with Crippen LogP contribution in [-0.2, 0) is 38.3 Å². The topological polar surface area (TPSA) is 250 Å². The average molecular weight is 607 g/mol. The normalized spacial score (nSPS) is 11.3. The maximum absolute atomic E-state index is 12.0. The van der Waals surface area contributed by atoms with Crippen LogP contribution in [0.1, 0.15) is 25.7 Å². The van der Waals surface area contributed by atoms with Crippen molar-refractivity contribution in [2.75, 3.05) is 13.2 Å². The number of carbonyl (C=O) groups excluding carboxylic acids is 2. The summed E-state index contributed by atoms with van der Waals surface area (Å²) in [5.41, 5.74) is 2.16. The van der Waals surface area contributed by atoms with Gasteiger partial charge < -0.3 is 9.47 Å². The molecule has 0 radical (unpaired) electrons. The lowest BCUT2D eigenvalue weighted by molar-refractivity contribution is -0.385. The van der Waals surface area contributed by atoms with Crippen LogP contribution in [0.15, 0.2) is 58.3 Å². The molecule has 2 aromatic rings. The summed E-state index contributed by atoms with van der Waals surface area (Å²) in [5.74, 6) is 0. The van der Waals surface area contributed by atoms with Gasteiger partial charge in [0.05, 0.1) is 23.1 Å². The summed E-state index contributed by atoms with van der Waals surface area (Å²) in [6, 6.07) is 8.01. The van der Waals surface area contributed by atoms with E-state index in [-0.39, 0.29) is 13.2 Å². The Balaban J connectivity index is 1.57. The van der Waals surface area contributed by atoms with E-state index in [9.17, 15) is 46.7 Å². The molecule has 0 aliphatic heterocycles. The maximum Gasteiger partial charge on any atom is 0.432 e. The molecule has 0 atom stereocenters. The van der Waals surface area contributed by atoms with Crippen LogP contribution < -0.4 is 11.0 Å². The predicted molar refractivity (Wildman–Crippen MR) is 130 cm³/mol. The summed E-state index contributed by atoms with van der Waals surface area (Å²) < 4.78 is 66.2. The second-order valence-electron chi connectivity index (χ2n) is 7.47. The standard InChI is InChI=1S/C20H22N4O14S2/c25-19(21-37-39(31,32)17-9-5-7-15(13-17)23(27)28)35-11-3-1-2-4-12-36-20(26)22-38-40(33,34)18-10-6-8-16(14-18)24(29)30/h5-10,13-14H,1-4,11-12H2,(H,21,25)(H,22,26). The number of nitrogens with zero attached hydrogens (tertiary/aromatic N) is 2. The molecule has 2 aromatic carbocycles. The number of hydroxylamine groups is 2. The number of ether oxygens (including phenoxy) is 2. The first-order chi connectivity index (χ1) is 18.8. The van der Waals surface area contributed by atoms with Gasteiger partial charge in [-0.05, 0) is 37.8 Å². The molecule has 0 heterocycles. The number of hydrogen-bond acceptors (Lipinski definition) is 14. The lowest BCUT2D eigenvalue weighted by Crippen LogP contribution is -2.28. The number of amides is 2. The molecule has 20 heteroatoms. The molecule has 0 unspecified atom stereocenters. The molecular weight excluding hydrogens is 584 g/mol. The highest BCUT2D eigenvalue weighted by Crippen LogP contribution is 2.19. The van der Waals surface area contributed by atoms with Crippen molar-refractivity contribution in [2.45, 2.75) is 35.5 Å². The van der Waals surface area contributed by atoms with Gasteiger partial charge in [0.25, 0.3) is 11.4 Å².